The lowest BCUT2D eigenvalue weighted by atomic mass is 9.95. The van der Waals surface area contributed by atoms with Gasteiger partial charge in [-0.05, 0) is 30.0 Å². The summed E-state index contributed by atoms with van der Waals surface area (Å²) >= 11 is 12.0. The number of fused-ring (bicyclic) bond motifs is 1. The summed E-state index contributed by atoms with van der Waals surface area (Å²) in [5.41, 5.74) is 1.38. The van der Waals surface area contributed by atoms with Gasteiger partial charge in [-0.15, -0.1) is 0 Å². The molecule has 2 nitrogen and oxygen atoms in total. The van der Waals surface area contributed by atoms with Crippen molar-refractivity contribution in [2.75, 3.05) is 13.1 Å². The van der Waals surface area contributed by atoms with Gasteiger partial charge in [0, 0.05) is 25.4 Å². The van der Waals surface area contributed by atoms with Crippen LogP contribution in [-0.4, -0.2) is 23.9 Å². The number of piperidine rings is 1. The van der Waals surface area contributed by atoms with Crippen molar-refractivity contribution in [1.82, 2.24) is 4.90 Å². The molecule has 2 atom stereocenters. The third-order valence-corrected chi connectivity index (χ3v) is 4.82. The first-order valence-corrected chi connectivity index (χ1v) is 6.49. The van der Waals surface area contributed by atoms with Crippen LogP contribution in [0.2, 0.25) is 10.0 Å². The van der Waals surface area contributed by atoms with Crippen molar-refractivity contribution in [3.63, 3.8) is 0 Å². The highest BCUT2D eigenvalue weighted by atomic mass is 35.5. The van der Waals surface area contributed by atoms with E-state index in [0.717, 1.165) is 19.5 Å². The molecule has 1 amide bonds. The van der Waals surface area contributed by atoms with Gasteiger partial charge in [0.25, 0.3) is 0 Å². The molecule has 0 spiro atoms. The number of hydrogen-bond acceptors (Lipinski definition) is 1. The van der Waals surface area contributed by atoms with Gasteiger partial charge in [0.2, 0.25) is 5.91 Å². The topological polar surface area (TPSA) is 20.3 Å². The van der Waals surface area contributed by atoms with E-state index < -0.39 is 0 Å². The van der Waals surface area contributed by atoms with E-state index >= 15 is 0 Å². The highest BCUT2D eigenvalue weighted by molar-refractivity contribution is 6.42. The molecule has 1 saturated carbocycles. The van der Waals surface area contributed by atoms with Crippen molar-refractivity contribution in [1.29, 1.82) is 0 Å². The molecule has 0 N–H and O–H groups in total. The van der Waals surface area contributed by atoms with Gasteiger partial charge in [0.05, 0.1) is 10.0 Å². The largest absolute Gasteiger partial charge is 0.342 e. The standard InChI is InChI=1S/C13H13Cl2NO/c1-8(17)16-6-10-5-13(10,7-16)9-2-3-11(14)12(15)4-9/h2-4,10H,5-7H2,1H3. The van der Waals surface area contributed by atoms with E-state index in [1.165, 1.54) is 5.56 Å². The molecule has 1 heterocycles. The van der Waals surface area contributed by atoms with E-state index in [1.54, 1.807) is 6.92 Å². The summed E-state index contributed by atoms with van der Waals surface area (Å²) in [6.07, 6.45) is 1.16. The van der Waals surface area contributed by atoms with Crippen LogP contribution >= 0.6 is 23.2 Å². The average Bonchev–Trinajstić information content (AvgIpc) is 2.85. The van der Waals surface area contributed by atoms with Crippen molar-refractivity contribution >= 4 is 29.1 Å². The Kier molecular flexibility index (Phi) is 2.43. The van der Waals surface area contributed by atoms with Gasteiger partial charge in [0.15, 0.2) is 0 Å². The van der Waals surface area contributed by atoms with Gasteiger partial charge < -0.3 is 4.90 Å². The predicted molar refractivity (Wildman–Crippen MR) is 68.5 cm³/mol. The van der Waals surface area contributed by atoms with Crippen LogP contribution in [0.4, 0.5) is 0 Å². The summed E-state index contributed by atoms with van der Waals surface area (Å²) in [6, 6.07) is 5.84. The first-order valence-electron chi connectivity index (χ1n) is 5.74. The fraction of sp³-hybridized carbons (Fsp3) is 0.462. The number of nitrogens with zero attached hydrogens (tertiary/aromatic N) is 1. The number of carbonyl (C=O) groups excluding carboxylic acids is 1. The third-order valence-electron chi connectivity index (χ3n) is 4.09. The van der Waals surface area contributed by atoms with Crippen LogP contribution in [0.25, 0.3) is 0 Å². The quantitative estimate of drug-likeness (QED) is 0.767. The Bertz CT molecular complexity index is 502. The lowest BCUT2D eigenvalue weighted by Crippen LogP contribution is -2.30. The Morgan fingerprint density at radius 3 is 2.76 bits per heavy atom. The maximum Gasteiger partial charge on any atom is 0.219 e. The zero-order valence-corrected chi connectivity index (χ0v) is 11.1. The second-order valence-corrected chi connectivity index (χ2v) is 5.90. The average molecular weight is 270 g/mol. The molecule has 4 heteroatoms. The fourth-order valence-corrected chi connectivity index (χ4v) is 3.27. The minimum atomic E-state index is 0.153. The Morgan fingerprint density at radius 1 is 1.41 bits per heavy atom. The summed E-state index contributed by atoms with van der Waals surface area (Å²) in [7, 11) is 0. The molecule has 2 unspecified atom stereocenters. The lowest BCUT2D eigenvalue weighted by molar-refractivity contribution is -0.128. The van der Waals surface area contributed by atoms with Gasteiger partial charge in [-0.3, -0.25) is 4.79 Å². The number of rotatable bonds is 1. The van der Waals surface area contributed by atoms with Crippen LogP contribution < -0.4 is 0 Å². The molecule has 1 aromatic carbocycles. The minimum Gasteiger partial charge on any atom is -0.342 e. The van der Waals surface area contributed by atoms with Crippen molar-refractivity contribution in [2.45, 2.75) is 18.8 Å². The van der Waals surface area contributed by atoms with Gasteiger partial charge in [-0.25, -0.2) is 0 Å². The zero-order valence-electron chi connectivity index (χ0n) is 9.54. The number of halogens is 2. The van der Waals surface area contributed by atoms with Crippen molar-refractivity contribution in [2.24, 2.45) is 5.92 Å². The van der Waals surface area contributed by atoms with E-state index in [2.05, 4.69) is 0 Å². The Hall–Kier alpha value is -0.730. The van der Waals surface area contributed by atoms with Crippen molar-refractivity contribution < 1.29 is 4.79 Å². The normalized spacial score (nSPS) is 30.3. The Balaban J connectivity index is 1.91. The maximum absolute atomic E-state index is 11.4. The lowest BCUT2D eigenvalue weighted by Gasteiger charge is -2.20. The molecule has 0 radical (unpaired) electrons. The molecule has 90 valence electrons. The molecular formula is C13H13Cl2NO. The highest BCUT2D eigenvalue weighted by Crippen LogP contribution is 2.59. The van der Waals surface area contributed by atoms with Gasteiger partial charge in [0.1, 0.15) is 0 Å². The Labute approximate surface area is 111 Å². The summed E-state index contributed by atoms with van der Waals surface area (Å²) in [6.45, 7) is 3.34. The molecule has 0 aromatic heterocycles. The molecule has 1 saturated heterocycles. The van der Waals surface area contributed by atoms with E-state index in [9.17, 15) is 4.79 Å². The zero-order chi connectivity index (χ0) is 12.2. The van der Waals surface area contributed by atoms with Gasteiger partial charge in [-0.2, -0.15) is 0 Å². The fourth-order valence-electron chi connectivity index (χ4n) is 2.98. The summed E-state index contributed by atoms with van der Waals surface area (Å²) in [4.78, 5) is 13.3. The second-order valence-electron chi connectivity index (χ2n) is 5.09. The number of likely N-dealkylation sites (tertiary alicyclic amines) is 1. The molecule has 1 aliphatic carbocycles. The summed E-state index contributed by atoms with van der Waals surface area (Å²) in [5.74, 6) is 0.764. The first kappa shape index (κ1) is 11.4. The number of hydrogen-bond donors (Lipinski definition) is 0. The molecule has 3 rings (SSSR count). The van der Waals surface area contributed by atoms with E-state index in [-0.39, 0.29) is 11.3 Å². The van der Waals surface area contributed by atoms with Crippen molar-refractivity contribution in [3.05, 3.63) is 33.8 Å². The molecule has 2 fully saturated rings. The molecule has 1 aliphatic heterocycles. The number of carbonyl (C=O) groups is 1. The van der Waals surface area contributed by atoms with Crippen LogP contribution in [0.1, 0.15) is 18.9 Å². The smallest absolute Gasteiger partial charge is 0.219 e. The highest BCUT2D eigenvalue weighted by Gasteiger charge is 2.61. The number of amides is 1. The predicted octanol–water partition coefficient (Wildman–Crippen LogP) is 3.11. The molecule has 17 heavy (non-hydrogen) atoms. The molecule has 0 bridgehead atoms. The van der Waals surface area contributed by atoms with E-state index in [4.69, 9.17) is 23.2 Å². The van der Waals surface area contributed by atoms with Gasteiger partial charge >= 0.3 is 0 Å². The second kappa shape index (κ2) is 3.63. The van der Waals surface area contributed by atoms with Crippen LogP contribution in [0, 0.1) is 5.92 Å². The monoisotopic (exact) mass is 269 g/mol. The van der Waals surface area contributed by atoms with Crippen LogP contribution in [-0.2, 0) is 10.2 Å². The summed E-state index contributed by atoms with van der Waals surface area (Å²) in [5, 5.41) is 1.19. The van der Waals surface area contributed by atoms with Crippen LogP contribution in [0.5, 0.6) is 0 Å². The minimum absolute atomic E-state index is 0.153. The Morgan fingerprint density at radius 2 is 2.18 bits per heavy atom. The molecule has 2 aliphatic rings. The first-order chi connectivity index (χ1) is 8.03. The maximum atomic E-state index is 11.4. The summed E-state index contributed by atoms with van der Waals surface area (Å²) < 4.78 is 0. The van der Waals surface area contributed by atoms with E-state index in [0.29, 0.717) is 16.0 Å². The molecule has 1 aromatic rings. The molecular weight excluding hydrogens is 257 g/mol. The van der Waals surface area contributed by atoms with Gasteiger partial charge in [-0.1, -0.05) is 29.3 Å². The third kappa shape index (κ3) is 1.66. The number of benzene rings is 1. The van der Waals surface area contributed by atoms with Crippen LogP contribution in [0.15, 0.2) is 18.2 Å². The van der Waals surface area contributed by atoms with Crippen LogP contribution in [0.3, 0.4) is 0 Å². The van der Waals surface area contributed by atoms with E-state index in [1.807, 2.05) is 23.1 Å². The SMILES string of the molecule is CC(=O)N1CC2CC2(c2ccc(Cl)c(Cl)c2)C1. The van der Waals surface area contributed by atoms with Crippen molar-refractivity contribution in [3.8, 4) is 0 Å².